The van der Waals surface area contributed by atoms with Crippen LogP contribution in [0.3, 0.4) is 0 Å². The van der Waals surface area contributed by atoms with E-state index in [-0.39, 0.29) is 5.91 Å². The molecule has 0 saturated carbocycles. The first-order valence-corrected chi connectivity index (χ1v) is 8.06. The number of halogens is 1. The van der Waals surface area contributed by atoms with E-state index in [2.05, 4.69) is 23.8 Å². The summed E-state index contributed by atoms with van der Waals surface area (Å²) in [6.45, 7) is 5.54. The Morgan fingerprint density at radius 2 is 1.96 bits per heavy atom. The molecule has 0 saturated heterocycles. The van der Waals surface area contributed by atoms with Crippen molar-refractivity contribution < 1.29 is 9.53 Å². The maximum Gasteiger partial charge on any atom is 0.272 e. The molecule has 0 fully saturated rings. The number of pyridine rings is 2. The summed E-state index contributed by atoms with van der Waals surface area (Å²) in [5.41, 5.74) is 0.374. The van der Waals surface area contributed by atoms with Crippen LogP contribution >= 0.6 is 11.6 Å². The van der Waals surface area contributed by atoms with Crippen LogP contribution in [0.5, 0.6) is 11.6 Å². The molecule has 0 N–H and O–H groups in total. The van der Waals surface area contributed by atoms with Gasteiger partial charge in [0.05, 0.1) is 11.2 Å². The molecule has 2 heterocycles. The van der Waals surface area contributed by atoms with E-state index in [9.17, 15) is 4.79 Å². The lowest BCUT2D eigenvalue weighted by Crippen LogP contribution is -2.33. The summed E-state index contributed by atoms with van der Waals surface area (Å²) in [5, 5.41) is 0.479. The molecule has 0 spiro atoms. The van der Waals surface area contributed by atoms with Gasteiger partial charge in [-0.15, -0.1) is 0 Å². The molecule has 2 aromatic heterocycles. The normalized spacial score (nSPS) is 10.4. The van der Waals surface area contributed by atoms with Crippen LogP contribution in [-0.2, 0) is 0 Å². The van der Waals surface area contributed by atoms with Gasteiger partial charge in [-0.3, -0.25) is 9.78 Å². The lowest BCUT2D eigenvalue weighted by Gasteiger charge is -2.21. The van der Waals surface area contributed by atoms with Crippen LogP contribution in [0.1, 0.15) is 37.2 Å². The molecular formula is C17H20ClN3O2. The molecule has 6 heteroatoms. The molecule has 0 aliphatic rings. The maximum atomic E-state index is 12.6. The zero-order valence-electron chi connectivity index (χ0n) is 13.3. The monoisotopic (exact) mass is 333 g/mol. The van der Waals surface area contributed by atoms with Crippen molar-refractivity contribution in [3.63, 3.8) is 0 Å². The van der Waals surface area contributed by atoms with Gasteiger partial charge in [-0.1, -0.05) is 31.5 Å². The summed E-state index contributed by atoms with van der Waals surface area (Å²) in [6, 6.07) is 6.79. The van der Waals surface area contributed by atoms with Crippen LogP contribution in [0.15, 0.2) is 36.7 Å². The number of ether oxygens (including phenoxy) is 1. The topological polar surface area (TPSA) is 55.3 Å². The maximum absolute atomic E-state index is 12.6. The number of nitrogens with zero attached hydrogens (tertiary/aromatic N) is 3. The Morgan fingerprint density at radius 3 is 2.61 bits per heavy atom. The van der Waals surface area contributed by atoms with Crippen molar-refractivity contribution in [3.05, 3.63) is 47.4 Å². The highest BCUT2D eigenvalue weighted by Gasteiger charge is 2.16. The van der Waals surface area contributed by atoms with Crippen LogP contribution in [0.4, 0.5) is 0 Å². The van der Waals surface area contributed by atoms with Crippen molar-refractivity contribution in [3.8, 4) is 11.6 Å². The first kappa shape index (κ1) is 17.2. The minimum atomic E-state index is -0.0802. The summed E-state index contributed by atoms with van der Waals surface area (Å²) in [7, 11) is 0. The predicted molar refractivity (Wildman–Crippen MR) is 90.0 cm³/mol. The van der Waals surface area contributed by atoms with E-state index < -0.39 is 0 Å². The lowest BCUT2D eigenvalue weighted by atomic mass is 10.2. The van der Waals surface area contributed by atoms with Gasteiger partial charge in [0.1, 0.15) is 11.4 Å². The first-order chi connectivity index (χ1) is 11.1. The summed E-state index contributed by atoms with van der Waals surface area (Å²) in [6.07, 6.45) is 4.89. The number of hydrogen-bond donors (Lipinski definition) is 0. The van der Waals surface area contributed by atoms with Gasteiger partial charge in [0.15, 0.2) is 0 Å². The van der Waals surface area contributed by atoms with Gasteiger partial charge in [-0.05, 0) is 18.9 Å². The number of carbonyl (C=O) groups excluding carboxylic acids is 1. The molecule has 0 aromatic carbocycles. The molecule has 122 valence electrons. The van der Waals surface area contributed by atoms with Crippen molar-refractivity contribution in [2.75, 3.05) is 13.1 Å². The van der Waals surface area contributed by atoms with Crippen LogP contribution in [-0.4, -0.2) is 33.9 Å². The van der Waals surface area contributed by atoms with Gasteiger partial charge in [0.2, 0.25) is 5.88 Å². The van der Waals surface area contributed by atoms with Crippen LogP contribution in [0.25, 0.3) is 0 Å². The van der Waals surface area contributed by atoms with E-state index in [1.807, 2.05) is 4.90 Å². The molecule has 0 bridgehead atoms. The largest absolute Gasteiger partial charge is 0.437 e. The Hall–Kier alpha value is -2.14. The molecule has 5 nitrogen and oxygen atoms in total. The van der Waals surface area contributed by atoms with Crippen molar-refractivity contribution in [2.45, 2.75) is 26.7 Å². The molecule has 0 aliphatic heterocycles. The molecule has 2 aromatic rings. The average molecular weight is 334 g/mol. The van der Waals surface area contributed by atoms with E-state index in [1.54, 1.807) is 30.5 Å². The highest BCUT2D eigenvalue weighted by molar-refractivity contribution is 6.30. The minimum absolute atomic E-state index is 0.0802. The summed E-state index contributed by atoms with van der Waals surface area (Å²) in [5.74, 6) is 0.741. The van der Waals surface area contributed by atoms with Crippen molar-refractivity contribution in [1.29, 1.82) is 0 Å². The second-order valence-electron chi connectivity index (χ2n) is 5.09. The molecule has 0 atom stereocenters. The molecular weight excluding hydrogens is 314 g/mol. The highest BCUT2D eigenvalue weighted by atomic mass is 35.5. The number of hydrogen-bond acceptors (Lipinski definition) is 4. The quantitative estimate of drug-likeness (QED) is 0.762. The van der Waals surface area contributed by atoms with Gasteiger partial charge in [-0.25, -0.2) is 4.98 Å². The van der Waals surface area contributed by atoms with E-state index in [1.165, 1.54) is 6.20 Å². The average Bonchev–Trinajstić information content (AvgIpc) is 2.54. The van der Waals surface area contributed by atoms with E-state index in [0.29, 0.717) is 22.3 Å². The third kappa shape index (κ3) is 4.93. The Balaban J connectivity index is 2.16. The van der Waals surface area contributed by atoms with Crippen molar-refractivity contribution >= 4 is 17.5 Å². The lowest BCUT2D eigenvalue weighted by molar-refractivity contribution is 0.0749. The first-order valence-electron chi connectivity index (χ1n) is 7.68. The number of carbonyl (C=O) groups is 1. The molecule has 0 unspecified atom stereocenters. The second kappa shape index (κ2) is 8.48. The number of rotatable bonds is 7. The SMILES string of the molecule is CCCN(CCC)C(=O)c1cccc(Oc2cncc(Cl)c2)n1. The Morgan fingerprint density at radius 1 is 1.22 bits per heavy atom. The van der Waals surface area contributed by atoms with E-state index in [0.717, 1.165) is 25.9 Å². The zero-order chi connectivity index (χ0) is 16.7. The Kier molecular flexibility index (Phi) is 6.35. The fourth-order valence-electron chi connectivity index (χ4n) is 2.18. The van der Waals surface area contributed by atoms with Gasteiger partial charge in [-0.2, -0.15) is 0 Å². The summed E-state index contributed by atoms with van der Waals surface area (Å²) in [4.78, 5) is 22.6. The third-order valence-corrected chi connectivity index (χ3v) is 3.33. The Labute approximate surface area is 141 Å². The van der Waals surface area contributed by atoms with Crippen LogP contribution in [0.2, 0.25) is 5.02 Å². The van der Waals surface area contributed by atoms with Crippen LogP contribution in [0, 0.1) is 0 Å². The smallest absolute Gasteiger partial charge is 0.272 e. The van der Waals surface area contributed by atoms with Gasteiger partial charge in [0.25, 0.3) is 5.91 Å². The van der Waals surface area contributed by atoms with E-state index >= 15 is 0 Å². The standard InChI is InChI=1S/C17H20ClN3O2/c1-3-8-21(9-4-2)17(22)15-6-5-7-16(20-15)23-14-10-13(18)11-19-12-14/h5-7,10-12H,3-4,8-9H2,1-2H3. The zero-order valence-corrected chi connectivity index (χ0v) is 14.1. The number of aromatic nitrogens is 2. The van der Waals surface area contributed by atoms with Gasteiger partial charge in [0, 0.05) is 31.4 Å². The molecule has 2 rings (SSSR count). The summed E-state index contributed by atoms with van der Waals surface area (Å²) < 4.78 is 5.62. The van der Waals surface area contributed by atoms with Gasteiger partial charge < -0.3 is 9.64 Å². The highest BCUT2D eigenvalue weighted by Crippen LogP contribution is 2.21. The number of amides is 1. The minimum Gasteiger partial charge on any atom is -0.437 e. The van der Waals surface area contributed by atoms with Crippen molar-refractivity contribution in [2.24, 2.45) is 0 Å². The van der Waals surface area contributed by atoms with Crippen LogP contribution < -0.4 is 4.74 Å². The van der Waals surface area contributed by atoms with Crippen molar-refractivity contribution in [1.82, 2.24) is 14.9 Å². The fraction of sp³-hybridized carbons (Fsp3) is 0.353. The predicted octanol–water partition coefficient (Wildman–Crippen LogP) is 4.18. The molecule has 23 heavy (non-hydrogen) atoms. The second-order valence-corrected chi connectivity index (χ2v) is 5.53. The Bertz CT molecular complexity index is 658. The third-order valence-electron chi connectivity index (χ3n) is 3.12. The fourth-order valence-corrected chi connectivity index (χ4v) is 2.34. The van der Waals surface area contributed by atoms with Gasteiger partial charge >= 0.3 is 0 Å². The molecule has 1 amide bonds. The van der Waals surface area contributed by atoms with E-state index in [4.69, 9.17) is 16.3 Å². The molecule has 0 radical (unpaired) electrons. The molecule has 0 aliphatic carbocycles. The summed E-state index contributed by atoms with van der Waals surface area (Å²) >= 11 is 5.88.